The molecule has 1 aromatic carbocycles. The molecule has 0 aliphatic carbocycles. The number of aliphatic hydroxyl groups is 1. The van der Waals surface area contributed by atoms with E-state index in [0.29, 0.717) is 17.1 Å². The van der Waals surface area contributed by atoms with Crippen molar-refractivity contribution >= 4 is 0 Å². The van der Waals surface area contributed by atoms with E-state index in [9.17, 15) is 5.11 Å². The van der Waals surface area contributed by atoms with Crippen LogP contribution in [0.3, 0.4) is 0 Å². The lowest BCUT2D eigenvalue weighted by atomic mass is 10.2. The van der Waals surface area contributed by atoms with Gasteiger partial charge in [-0.3, -0.25) is 0 Å². The van der Waals surface area contributed by atoms with Crippen LogP contribution in [0.4, 0.5) is 0 Å². The number of furan rings is 1. The fourth-order valence-corrected chi connectivity index (χ4v) is 1.83. The third-order valence-corrected chi connectivity index (χ3v) is 2.65. The van der Waals surface area contributed by atoms with E-state index in [2.05, 4.69) is 10.3 Å². The molecule has 1 N–H and O–H groups in total. The highest BCUT2D eigenvalue weighted by atomic mass is 16.3. The summed E-state index contributed by atoms with van der Waals surface area (Å²) in [6.45, 7) is -0.178. The minimum Gasteiger partial charge on any atom is -0.463 e. The second-order valence-corrected chi connectivity index (χ2v) is 3.77. The van der Waals surface area contributed by atoms with Gasteiger partial charge in [0.1, 0.15) is 11.4 Å². The van der Waals surface area contributed by atoms with E-state index in [-0.39, 0.29) is 6.61 Å². The van der Waals surface area contributed by atoms with Gasteiger partial charge >= 0.3 is 0 Å². The van der Waals surface area contributed by atoms with Crippen molar-refractivity contribution in [2.75, 3.05) is 0 Å². The highest BCUT2D eigenvalue weighted by Gasteiger charge is 2.17. The van der Waals surface area contributed by atoms with E-state index < -0.39 is 0 Å². The molecule has 0 radical (unpaired) electrons. The molecule has 3 aromatic rings. The third-order valence-electron chi connectivity index (χ3n) is 2.65. The van der Waals surface area contributed by atoms with Crippen molar-refractivity contribution < 1.29 is 9.52 Å². The monoisotopic (exact) mass is 241 g/mol. The maximum Gasteiger partial charge on any atom is 0.154 e. The van der Waals surface area contributed by atoms with Crippen molar-refractivity contribution in [3.05, 3.63) is 54.4 Å². The third kappa shape index (κ3) is 1.70. The van der Waals surface area contributed by atoms with Crippen molar-refractivity contribution in [1.82, 2.24) is 15.0 Å². The predicted octanol–water partition coefficient (Wildman–Crippen LogP) is 2.02. The maximum atomic E-state index is 9.32. The summed E-state index contributed by atoms with van der Waals surface area (Å²) < 4.78 is 7.03. The van der Waals surface area contributed by atoms with Gasteiger partial charge in [-0.25, -0.2) is 4.68 Å². The fourth-order valence-electron chi connectivity index (χ4n) is 1.83. The molecule has 18 heavy (non-hydrogen) atoms. The second-order valence-electron chi connectivity index (χ2n) is 3.77. The van der Waals surface area contributed by atoms with Gasteiger partial charge in [-0.05, 0) is 24.3 Å². The van der Waals surface area contributed by atoms with E-state index >= 15 is 0 Å². The number of nitrogens with zero attached hydrogens (tertiary/aromatic N) is 3. The molecule has 0 saturated heterocycles. The number of aromatic nitrogens is 3. The quantitative estimate of drug-likeness (QED) is 0.762. The highest BCUT2D eigenvalue weighted by Crippen LogP contribution is 2.25. The molecule has 0 spiro atoms. The first-order chi connectivity index (χ1) is 8.90. The number of aliphatic hydroxyl groups excluding tert-OH is 1. The molecule has 5 heteroatoms. The Morgan fingerprint density at radius 2 is 1.94 bits per heavy atom. The smallest absolute Gasteiger partial charge is 0.154 e. The molecule has 0 aliphatic heterocycles. The van der Waals surface area contributed by atoms with Gasteiger partial charge in [0.15, 0.2) is 5.76 Å². The molecular formula is C13H11N3O2. The first-order valence-electron chi connectivity index (χ1n) is 5.55. The molecule has 0 bridgehead atoms. The van der Waals surface area contributed by atoms with Gasteiger partial charge in [-0.1, -0.05) is 23.4 Å². The molecule has 90 valence electrons. The lowest BCUT2D eigenvalue weighted by Gasteiger charge is -2.04. The Labute approximate surface area is 103 Å². The first kappa shape index (κ1) is 10.7. The van der Waals surface area contributed by atoms with E-state index in [0.717, 1.165) is 5.69 Å². The van der Waals surface area contributed by atoms with Gasteiger partial charge in [0.25, 0.3) is 0 Å². The maximum absolute atomic E-state index is 9.32. The number of benzene rings is 1. The Balaban J connectivity index is 2.20. The molecule has 0 atom stereocenters. The lowest BCUT2D eigenvalue weighted by Crippen LogP contribution is -1.99. The summed E-state index contributed by atoms with van der Waals surface area (Å²) in [6, 6.07) is 13.2. The van der Waals surface area contributed by atoms with Crippen LogP contribution >= 0.6 is 0 Å². The summed E-state index contributed by atoms with van der Waals surface area (Å²) in [4.78, 5) is 0. The van der Waals surface area contributed by atoms with Crippen LogP contribution in [0.2, 0.25) is 0 Å². The van der Waals surface area contributed by atoms with Crippen LogP contribution in [-0.2, 0) is 6.61 Å². The van der Waals surface area contributed by atoms with Gasteiger partial charge in [-0.15, -0.1) is 5.10 Å². The minimum absolute atomic E-state index is 0.178. The zero-order chi connectivity index (χ0) is 12.4. The van der Waals surface area contributed by atoms with Crippen molar-refractivity contribution in [2.45, 2.75) is 6.61 Å². The minimum atomic E-state index is -0.178. The van der Waals surface area contributed by atoms with E-state index in [1.54, 1.807) is 17.0 Å². The Morgan fingerprint density at radius 1 is 1.11 bits per heavy atom. The van der Waals surface area contributed by atoms with Crippen LogP contribution in [0.1, 0.15) is 5.69 Å². The molecule has 3 rings (SSSR count). The van der Waals surface area contributed by atoms with Crippen molar-refractivity contribution in [2.24, 2.45) is 0 Å². The summed E-state index contributed by atoms with van der Waals surface area (Å²) in [5.74, 6) is 0.632. The fraction of sp³-hybridized carbons (Fsp3) is 0.0769. The average molecular weight is 241 g/mol. The average Bonchev–Trinajstić information content (AvgIpc) is 3.08. The second kappa shape index (κ2) is 4.46. The van der Waals surface area contributed by atoms with E-state index in [4.69, 9.17) is 4.42 Å². The number of para-hydroxylation sites is 1. The van der Waals surface area contributed by atoms with E-state index in [1.807, 2.05) is 36.4 Å². The molecule has 0 aliphatic rings. The van der Waals surface area contributed by atoms with Crippen LogP contribution in [0, 0.1) is 0 Å². The van der Waals surface area contributed by atoms with Gasteiger partial charge in [0.2, 0.25) is 0 Å². The van der Waals surface area contributed by atoms with Crippen molar-refractivity contribution in [1.29, 1.82) is 0 Å². The topological polar surface area (TPSA) is 64.1 Å². The highest BCUT2D eigenvalue weighted by molar-refractivity contribution is 5.58. The van der Waals surface area contributed by atoms with Gasteiger partial charge in [0, 0.05) is 0 Å². The van der Waals surface area contributed by atoms with Crippen molar-refractivity contribution in [3.63, 3.8) is 0 Å². The lowest BCUT2D eigenvalue weighted by molar-refractivity contribution is 0.277. The molecule has 5 nitrogen and oxygen atoms in total. The summed E-state index contributed by atoms with van der Waals surface area (Å²) in [5.41, 5.74) is 2.04. The Bertz CT molecular complexity index is 630. The van der Waals surface area contributed by atoms with Crippen LogP contribution in [-0.4, -0.2) is 20.1 Å². The van der Waals surface area contributed by atoms with E-state index in [1.165, 1.54) is 0 Å². The zero-order valence-electron chi connectivity index (χ0n) is 9.52. The largest absolute Gasteiger partial charge is 0.463 e. The number of hydrogen-bond donors (Lipinski definition) is 1. The van der Waals surface area contributed by atoms with Crippen LogP contribution in [0.25, 0.3) is 17.1 Å². The summed E-state index contributed by atoms with van der Waals surface area (Å²) in [7, 11) is 0. The van der Waals surface area contributed by atoms with Crippen LogP contribution in [0.5, 0.6) is 0 Å². The van der Waals surface area contributed by atoms with Gasteiger partial charge < -0.3 is 9.52 Å². The Hall–Kier alpha value is -2.40. The molecule has 2 heterocycles. The number of rotatable bonds is 3. The van der Waals surface area contributed by atoms with Gasteiger partial charge in [-0.2, -0.15) is 0 Å². The molecular weight excluding hydrogens is 230 g/mol. The Morgan fingerprint density at radius 3 is 2.61 bits per heavy atom. The van der Waals surface area contributed by atoms with Crippen LogP contribution < -0.4 is 0 Å². The van der Waals surface area contributed by atoms with Crippen molar-refractivity contribution in [3.8, 4) is 17.1 Å². The SMILES string of the molecule is OCc1nnn(-c2ccccc2)c1-c1ccco1. The standard InChI is InChI=1S/C13H11N3O2/c17-9-11-13(12-7-4-8-18-12)16(15-14-11)10-5-2-1-3-6-10/h1-8,17H,9H2. The summed E-state index contributed by atoms with van der Waals surface area (Å²) >= 11 is 0. The Kier molecular flexibility index (Phi) is 2.66. The molecule has 2 aromatic heterocycles. The van der Waals surface area contributed by atoms with Gasteiger partial charge in [0.05, 0.1) is 18.6 Å². The number of hydrogen-bond acceptors (Lipinski definition) is 4. The summed E-state index contributed by atoms with van der Waals surface area (Å²) in [6.07, 6.45) is 1.58. The molecule has 0 amide bonds. The molecule has 0 saturated carbocycles. The van der Waals surface area contributed by atoms with Crippen LogP contribution in [0.15, 0.2) is 53.1 Å². The molecule has 0 unspecified atom stereocenters. The summed E-state index contributed by atoms with van der Waals surface area (Å²) in [5, 5.41) is 17.3. The zero-order valence-corrected chi connectivity index (χ0v) is 9.52. The molecule has 0 fully saturated rings. The predicted molar refractivity (Wildman–Crippen MR) is 65.0 cm³/mol. The normalized spacial score (nSPS) is 10.7. The first-order valence-corrected chi connectivity index (χ1v) is 5.55.